The second-order valence-electron chi connectivity index (χ2n) is 6.52. The lowest BCUT2D eigenvalue weighted by molar-refractivity contribution is -0.131. The minimum Gasteiger partial charge on any atom is -0.339 e. The average molecular weight is 376 g/mol. The van der Waals surface area contributed by atoms with Crippen molar-refractivity contribution in [3.63, 3.8) is 0 Å². The van der Waals surface area contributed by atoms with Crippen molar-refractivity contribution in [3.05, 3.63) is 77.7 Å². The summed E-state index contributed by atoms with van der Waals surface area (Å²) in [5.74, 6) is 0.0704. The van der Waals surface area contributed by atoms with Gasteiger partial charge in [-0.25, -0.2) is 4.98 Å². The first-order valence-electron chi connectivity index (χ1n) is 8.80. The van der Waals surface area contributed by atoms with Crippen LogP contribution in [0.25, 0.3) is 16.2 Å². The van der Waals surface area contributed by atoms with E-state index in [1.807, 2.05) is 72.4 Å². The molecule has 0 fully saturated rings. The highest BCUT2D eigenvalue weighted by molar-refractivity contribution is 7.15. The van der Waals surface area contributed by atoms with E-state index in [0.29, 0.717) is 6.42 Å². The molecule has 1 atom stereocenters. The largest absolute Gasteiger partial charge is 0.339 e. The van der Waals surface area contributed by atoms with E-state index < -0.39 is 0 Å². The highest BCUT2D eigenvalue weighted by atomic mass is 32.1. The average Bonchev–Trinajstić information content (AvgIpc) is 3.30. The summed E-state index contributed by atoms with van der Waals surface area (Å²) < 4.78 is 2.02. The topological polar surface area (TPSA) is 50.5 Å². The Bertz CT molecular complexity index is 1060. The first-order chi connectivity index (χ1) is 13.1. The van der Waals surface area contributed by atoms with Gasteiger partial charge in [0.05, 0.1) is 18.2 Å². The number of imidazole rings is 1. The van der Waals surface area contributed by atoms with E-state index >= 15 is 0 Å². The molecule has 3 heterocycles. The van der Waals surface area contributed by atoms with Gasteiger partial charge in [-0.05, 0) is 18.6 Å². The molecule has 6 heteroatoms. The summed E-state index contributed by atoms with van der Waals surface area (Å²) in [6.45, 7) is 2.02. The van der Waals surface area contributed by atoms with Crippen LogP contribution in [0.15, 0.2) is 66.4 Å². The van der Waals surface area contributed by atoms with Crippen molar-refractivity contribution < 1.29 is 4.79 Å². The Labute approximate surface area is 161 Å². The molecule has 1 aromatic carbocycles. The summed E-state index contributed by atoms with van der Waals surface area (Å²) in [6, 6.07) is 13.9. The first-order valence-corrected chi connectivity index (χ1v) is 9.68. The molecule has 0 radical (unpaired) electrons. The smallest absolute Gasteiger partial charge is 0.228 e. The lowest BCUT2D eigenvalue weighted by atomic mass is 10.1. The van der Waals surface area contributed by atoms with Crippen LogP contribution in [-0.2, 0) is 11.2 Å². The van der Waals surface area contributed by atoms with Crippen LogP contribution in [0.3, 0.4) is 0 Å². The van der Waals surface area contributed by atoms with Gasteiger partial charge >= 0.3 is 0 Å². The molecule has 27 heavy (non-hydrogen) atoms. The fraction of sp³-hybridized carbons (Fsp3) is 0.190. The molecule has 4 rings (SSSR count). The van der Waals surface area contributed by atoms with Gasteiger partial charge in [0.15, 0.2) is 4.96 Å². The molecule has 0 aliphatic heterocycles. The number of nitrogens with zero attached hydrogens (tertiary/aromatic N) is 4. The Balaban J connectivity index is 1.54. The van der Waals surface area contributed by atoms with Gasteiger partial charge in [-0.1, -0.05) is 36.4 Å². The van der Waals surface area contributed by atoms with Crippen LogP contribution in [0.4, 0.5) is 0 Å². The lowest BCUT2D eigenvalue weighted by Crippen LogP contribution is -2.31. The molecule has 4 aromatic rings. The highest BCUT2D eigenvalue weighted by Gasteiger charge is 2.20. The van der Waals surface area contributed by atoms with Crippen molar-refractivity contribution in [3.8, 4) is 11.3 Å². The summed E-state index contributed by atoms with van der Waals surface area (Å²) in [7, 11) is 1.84. The SMILES string of the molecule is CC(c1cccnc1)N(C)C(=O)Cc1csc2nc(-c3ccccc3)cn12. The van der Waals surface area contributed by atoms with E-state index in [1.165, 1.54) is 0 Å². The van der Waals surface area contributed by atoms with Gasteiger partial charge in [0.25, 0.3) is 0 Å². The maximum atomic E-state index is 12.8. The Morgan fingerprint density at radius 1 is 1.22 bits per heavy atom. The molecule has 0 N–H and O–H groups in total. The Kier molecular flexibility index (Phi) is 4.73. The van der Waals surface area contributed by atoms with E-state index in [-0.39, 0.29) is 11.9 Å². The Morgan fingerprint density at radius 2 is 2.04 bits per heavy atom. The predicted molar refractivity (Wildman–Crippen MR) is 108 cm³/mol. The molecule has 3 aromatic heterocycles. The maximum absolute atomic E-state index is 12.8. The molecule has 1 unspecified atom stereocenters. The quantitative estimate of drug-likeness (QED) is 0.524. The third-order valence-corrected chi connectivity index (χ3v) is 5.72. The number of hydrogen-bond donors (Lipinski definition) is 0. The van der Waals surface area contributed by atoms with Gasteiger partial charge in [0, 0.05) is 42.3 Å². The zero-order valence-electron chi connectivity index (χ0n) is 15.2. The minimum atomic E-state index is -0.0250. The summed E-state index contributed by atoms with van der Waals surface area (Å²) in [5, 5.41) is 2.01. The standard InChI is InChI=1S/C21H20N4OS/c1-15(17-9-6-10-22-12-17)24(2)20(26)11-18-14-27-21-23-19(13-25(18)21)16-7-4-3-5-8-16/h3-10,12-15H,11H2,1-2H3. The number of thiazole rings is 1. The summed E-state index contributed by atoms with van der Waals surface area (Å²) >= 11 is 1.56. The van der Waals surface area contributed by atoms with Crippen molar-refractivity contribution in [1.29, 1.82) is 0 Å². The second kappa shape index (κ2) is 7.32. The Hall–Kier alpha value is -2.99. The first kappa shape index (κ1) is 17.4. The van der Waals surface area contributed by atoms with E-state index in [0.717, 1.165) is 27.5 Å². The maximum Gasteiger partial charge on any atom is 0.228 e. The van der Waals surface area contributed by atoms with E-state index in [2.05, 4.69) is 9.97 Å². The molecule has 0 aliphatic carbocycles. The monoisotopic (exact) mass is 376 g/mol. The van der Waals surface area contributed by atoms with Crippen molar-refractivity contribution in [2.45, 2.75) is 19.4 Å². The third-order valence-electron chi connectivity index (χ3n) is 4.83. The van der Waals surface area contributed by atoms with Gasteiger partial charge < -0.3 is 4.90 Å². The number of rotatable bonds is 5. The zero-order chi connectivity index (χ0) is 18.8. The molecule has 0 saturated heterocycles. The molecule has 0 bridgehead atoms. The van der Waals surface area contributed by atoms with Crippen LogP contribution in [0, 0.1) is 0 Å². The van der Waals surface area contributed by atoms with Crippen LogP contribution in [-0.4, -0.2) is 32.2 Å². The van der Waals surface area contributed by atoms with Crippen molar-refractivity contribution in [1.82, 2.24) is 19.3 Å². The fourth-order valence-electron chi connectivity index (χ4n) is 3.05. The van der Waals surface area contributed by atoms with Gasteiger partial charge in [0.1, 0.15) is 0 Å². The highest BCUT2D eigenvalue weighted by Crippen LogP contribution is 2.25. The van der Waals surface area contributed by atoms with E-state index in [4.69, 9.17) is 0 Å². The van der Waals surface area contributed by atoms with Crippen LogP contribution in [0.5, 0.6) is 0 Å². The third kappa shape index (κ3) is 3.48. The lowest BCUT2D eigenvalue weighted by Gasteiger charge is -2.25. The molecule has 5 nitrogen and oxygen atoms in total. The van der Waals surface area contributed by atoms with Crippen molar-refractivity contribution in [2.24, 2.45) is 0 Å². The van der Waals surface area contributed by atoms with Crippen molar-refractivity contribution >= 4 is 22.2 Å². The molecule has 136 valence electrons. The Morgan fingerprint density at radius 3 is 2.78 bits per heavy atom. The van der Waals surface area contributed by atoms with Gasteiger partial charge in [-0.15, -0.1) is 11.3 Å². The number of aromatic nitrogens is 3. The number of benzene rings is 1. The number of fused-ring (bicyclic) bond motifs is 1. The second-order valence-corrected chi connectivity index (χ2v) is 7.35. The molecule has 1 amide bonds. The summed E-state index contributed by atoms with van der Waals surface area (Å²) in [6.07, 6.45) is 5.89. The predicted octanol–water partition coefficient (Wildman–Crippen LogP) is 4.22. The van der Waals surface area contributed by atoms with Crippen molar-refractivity contribution in [2.75, 3.05) is 7.05 Å². The number of amides is 1. The number of hydrogen-bond acceptors (Lipinski definition) is 4. The number of carbonyl (C=O) groups is 1. The van der Waals surface area contributed by atoms with Crippen LogP contribution in [0.2, 0.25) is 0 Å². The van der Waals surface area contributed by atoms with E-state index in [9.17, 15) is 4.79 Å². The van der Waals surface area contributed by atoms with Crippen LogP contribution < -0.4 is 0 Å². The number of pyridine rings is 1. The van der Waals surface area contributed by atoms with Gasteiger partial charge in [-0.3, -0.25) is 14.2 Å². The molecule has 0 spiro atoms. The minimum absolute atomic E-state index is 0.0250. The van der Waals surface area contributed by atoms with Crippen LogP contribution >= 0.6 is 11.3 Å². The molecule has 0 saturated carbocycles. The molecular weight excluding hydrogens is 356 g/mol. The molecule has 0 aliphatic rings. The number of carbonyl (C=O) groups excluding carboxylic acids is 1. The normalized spacial score (nSPS) is 12.2. The number of likely N-dealkylation sites (N-methyl/N-ethyl adjacent to an activating group) is 1. The van der Waals surface area contributed by atoms with E-state index in [1.54, 1.807) is 28.6 Å². The fourth-order valence-corrected chi connectivity index (χ4v) is 3.92. The van der Waals surface area contributed by atoms with Crippen LogP contribution in [0.1, 0.15) is 24.2 Å². The zero-order valence-corrected chi connectivity index (χ0v) is 16.1. The van der Waals surface area contributed by atoms with Gasteiger partial charge in [-0.2, -0.15) is 0 Å². The molecular formula is C21H20N4OS. The summed E-state index contributed by atoms with van der Waals surface area (Å²) in [5.41, 5.74) is 3.99. The van der Waals surface area contributed by atoms with Gasteiger partial charge in [0.2, 0.25) is 5.91 Å². The summed E-state index contributed by atoms with van der Waals surface area (Å²) in [4.78, 5) is 24.3.